The second-order valence-electron chi connectivity index (χ2n) is 3.67. The van der Waals surface area contributed by atoms with Crippen LogP contribution in [0.5, 0.6) is 0 Å². The summed E-state index contributed by atoms with van der Waals surface area (Å²) < 4.78 is 8.95. The van der Waals surface area contributed by atoms with Gasteiger partial charge in [0.15, 0.2) is 0 Å². The summed E-state index contributed by atoms with van der Waals surface area (Å²) >= 11 is 12.8. The Kier molecular flexibility index (Phi) is 6.10. The van der Waals surface area contributed by atoms with Gasteiger partial charge in [-0.25, -0.2) is 19.5 Å². The van der Waals surface area contributed by atoms with Crippen LogP contribution in [0, 0.1) is 9.54 Å². The van der Waals surface area contributed by atoms with Crippen molar-refractivity contribution < 1.29 is 4.74 Å². The molecule has 0 saturated carbocycles. The predicted octanol–water partition coefficient (Wildman–Crippen LogP) is 0.523. The van der Waals surface area contributed by atoms with E-state index in [9.17, 15) is 0 Å². The van der Waals surface area contributed by atoms with Crippen LogP contribution < -0.4 is 11.7 Å². The van der Waals surface area contributed by atoms with Crippen molar-refractivity contribution in [3.05, 3.63) is 9.54 Å². The fraction of sp³-hybridized carbons (Fsp3) is 0.500. The molecule has 0 bridgehead atoms. The van der Waals surface area contributed by atoms with Crippen molar-refractivity contribution in [3.8, 4) is 0 Å². The zero-order chi connectivity index (χ0) is 15.2. The number of ether oxygens (including phenoxy) is 1. The molecule has 0 unspecified atom stereocenters. The van der Waals surface area contributed by atoms with Crippen molar-refractivity contribution in [1.29, 1.82) is 0 Å². The number of rotatable bonds is 8. The first-order valence-corrected chi connectivity index (χ1v) is 8.56. The number of H-pyrrole nitrogens is 2. The van der Waals surface area contributed by atoms with Crippen molar-refractivity contribution in [2.24, 2.45) is 0 Å². The van der Waals surface area contributed by atoms with E-state index in [0.717, 1.165) is 11.5 Å². The van der Waals surface area contributed by atoms with Gasteiger partial charge in [-0.1, -0.05) is 23.5 Å². The Balaban J connectivity index is 1.58. The molecular formula is C8H14N8OS4. The second-order valence-corrected chi connectivity index (χ2v) is 6.57. The molecule has 0 spiro atoms. The molecule has 0 fully saturated rings. The van der Waals surface area contributed by atoms with E-state index < -0.39 is 0 Å². The molecule has 0 aromatic carbocycles. The number of hydrogen-bond acceptors (Lipinski definition) is 9. The minimum absolute atomic E-state index is 0.394. The molecule has 13 heteroatoms. The third-order valence-electron chi connectivity index (χ3n) is 2.26. The highest BCUT2D eigenvalue weighted by Gasteiger charge is 2.04. The van der Waals surface area contributed by atoms with Crippen LogP contribution in [0.15, 0.2) is 10.3 Å². The van der Waals surface area contributed by atoms with Crippen molar-refractivity contribution in [2.45, 2.75) is 10.3 Å². The zero-order valence-corrected chi connectivity index (χ0v) is 14.1. The topological polar surface area (TPSA) is 128 Å². The van der Waals surface area contributed by atoms with Gasteiger partial charge in [-0.2, -0.15) is 0 Å². The number of nitrogen functional groups attached to an aromatic ring is 2. The molecule has 2 heterocycles. The standard InChI is InChI=1S/C8H14N8OS4/c9-15-5(18)11-13-7(15)20-3-1-17-2-4-21-8-14-12-6(19)16(8)10/h1-4,9-10H2,(H,11,18)(H,12,19). The minimum Gasteiger partial charge on any atom is -0.380 e. The Labute approximate surface area is 138 Å². The molecule has 0 amide bonds. The van der Waals surface area contributed by atoms with Gasteiger partial charge in [0.1, 0.15) is 0 Å². The Morgan fingerprint density at radius 2 is 1.38 bits per heavy atom. The molecule has 0 aliphatic carbocycles. The van der Waals surface area contributed by atoms with Crippen LogP contribution in [0.1, 0.15) is 0 Å². The highest BCUT2D eigenvalue weighted by molar-refractivity contribution is 7.99. The highest BCUT2D eigenvalue weighted by Crippen LogP contribution is 2.14. The van der Waals surface area contributed by atoms with E-state index in [2.05, 4.69) is 20.4 Å². The summed E-state index contributed by atoms with van der Waals surface area (Å²) in [5.41, 5.74) is 0. The van der Waals surface area contributed by atoms with Gasteiger partial charge in [0.2, 0.25) is 19.9 Å². The molecule has 2 rings (SSSR count). The van der Waals surface area contributed by atoms with Crippen LogP contribution in [-0.2, 0) is 4.74 Å². The smallest absolute Gasteiger partial charge is 0.214 e. The van der Waals surface area contributed by atoms with Gasteiger partial charge in [-0.3, -0.25) is 0 Å². The van der Waals surface area contributed by atoms with Crippen molar-refractivity contribution in [3.63, 3.8) is 0 Å². The molecule has 0 aliphatic heterocycles. The lowest BCUT2D eigenvalue weighted by molar-refractivity contribution is 0.167. The van der Waals surface area contributed by atoms with E-state index in [4.69, 9.17) is 40.9 Å². The summed E-state index contributed by atoms with van der Waals surface area (Å²) in [5, 5.41) is 14.5. The zero-order valence-electron chi connectivity index (χ0n) is 10.8. The SMILES string of the molecule is Nn1c(SCCOCCSc2n[nH]c(=S)n2N)n[nH]c1=S. The minimum atomic E-state index is 0.394. The third-order valence-corrected chi connectivity index (χ3v) is 4.67. The lowest BCUT2D eigenvalue weighted by atomic mass is 10.8. The number of nitrogens with zero attached hydrogens (tertiary/aromatic N) is 4. The fourth-order valence-corrected chi connectivity index (χ4v) is 3.10. The van der Waals surface area contributed by atoms with Gasteiger partial charge < -0.3 is 16.4 Å². The summed E-state index contributed by atoms with van der Waals surface area (Å²) in [4.78, 5) is 0. The number of nitrogens with two attached hydrogens (primary N) is 2. The lowest BCUT2D eigenvalue weighted by Gasteiger charge is -2.03. The normalized spacial score (nSPS) is 11.0. The predicted molar refractivity (Wildman–Crippen MR) is 87.4 cm³/mol. The molecule has 21 heavy (non-hydrogen) atoms. The molecule has 2 aromatic rings. The Hall–Kier alpha value is -1.02. The maximum atomic E-state index is 5.67. The summed E-state index contributed by atoms with van der Waals surface area (Å²) in [6.07, 6.45) is 0. The number of hydrogen-bond donors (Lipinski definition) is 4. The van der Waals surface area contributed by atoms with E-state index in [1.165, 1.54) is 32.9 Å². The molecule has 0 aliphatic rings. The highest BCUT2D eigenvalue weighted by atomic mass is 32.2. The summed E-state index contributed by atoms with van der Waals surface area (Å²) in [5.74, 6) is 12.8. The molecule has 9 nitrogen and oxygen atoms in total. The van der Waals surface area contributed by atoms with Gasteiger partial charge in [0.25, 0.3) is 0 Å². The van der Waals surface area contributed by atoms with E-state index in [1.807, 2.05) is 0 Å². The van der Waals surface area contributed by atoms with Crippen LogP contribution in [0.3, 0.4) is 0 Å². The monoisotopic (exact) mass is 366 g/mol. The number of aromatic nitrogens is 6. The summed E-state index contributed by atoms with van der Waals surface area (Å²) in [6, 6.07) is 0. The van der Waals surface area contributed by atoms with Crippen LogP contribution in [0.4, 0.5) is 0 Å². The van der Waals surface area contributed by atoms with Crippen molar-refractivity contribution in [2.75, 3.05) is 36.4 Å². The molecule has 6 N–H and O–H groups in total. The van der Waals surface area contributed by atoms with Gasteiger partial charge in [-0.05, 0) is 24.4 Å². The molecular weight excluding hydrogens is 352 g/mol. The first kappa shape index (κ1) is 16.4. The average molecular weight is 367 g/mol. The Bertz CT molecular complexity index is 629. The molecule has 0 radical (unpaired) electrons. The van der Waals surface area contributed by atoms with E-state index in [-0.39, 0.29) is 0 Å². The van der Waals surface area contributed by atoms with Crippen LogP contribution >= 0.6 is 48.0 Å². The van der Waals surface area contributed by atoms with Gasteiger partial charge in [0.05, 0.1) is 13.2 Å². The number of thioether (sulfide) groups is 2. The van der Waals surface area contributed by atoms with Crippen LogP contribution in [-0.4, -0.2) is 54.5 Å². The Morgan fingerprint density at radius 1 is 0.952 bits per heavy atom. The van der Waals surface area contributed by atoms with E-state index in [1.54, 1.807) is 0 Å². The fourth-order valence-electron chi connectivity index (χ4n) is 1.27. The number of nitrogens with one attached hydrogen (secondary N) is 2. The maximum Gasteiger partial charge on any atom is 0.214 e. The van der Waals surface area contributed by atoms with E-state index >= 15 is 0 Å². The average Bonchev–Trinajstić information content (AvgIpc) is 2.96. The summed E-state index contributed by atoms with van der Waals surface area (Å²) in [6.45, 7) is 1.17. The number of aromatic amines is 2. The lowest BCUT2D eigenvalue weighted by Crippen LogP contribution is -2.11. The molecule has 0 saturated heterocycles. The van der Waals surface area contributed by atoms with Crippen LogP contribution in [0.25, 0.3) is 0 Å². The Morgan fingerprint density at radius 3 is 1.71 bits per heavy atom. The molecule has 2 aromatic heterocycles. The summed E-state index contributed by atoms with van der Waals surface area (Å²) in [7, 11) is 0. The van der Waals surface area contributed by atoms with Gasteiger partial charge in [-0.15, -0.1) is 10.2 Å². The maximum absolute atomic E-state index is 5.67. The third kappa shape index (κ3) is 4.47. The quantitative estimate of drug-likeness (QED) is 0.229. The second kappa shape index (κ2) is 7.84. The molecule has 116 valence electrons. The van der Waals surface area contributed by atoms with E-state index in [0.29, 0.717) is 33.1 Å². The van der Waals surface area contributed by atoms with Crippen molar-refractivity contribution >= 4 is 48.0 Å². The largest absolute Gasteiger partial charge is 0.380 e. The van der Waals surface area contributed by atoms with Crippen molar-refractivity contribution in [1.82, 2.24) is 29.7 Å². The van der Waals surface area contributed by atoms with Gasteiger partial charge >= 0.3 is 0 Å². The first-order chi connectivity index (χ1) is 10.1. The molecule has 0 atom stereocenters. The van der Waals surface area contributed by atoms with Crippen LogP contribution in [0.2, 0.25) is 0 Å². The van der Waals surface area contributed by atoms with Gasteiger partial charge in [0, 0.05) is 11.5 Å². The first-order valence-electron chi connectivity index (χ1n) is 5.78.